The van der Waals surface area contributed by atoms with Crippen molar-refractivity contribution in [2.75, 3.05) is 22.9 Å². The highest BCUT2D eigenvalue weighted by molar-refractivity contribution is 8.14. The second-order valence-corrected chi connectivity index (χ2v) is 7.97. The largest absolute Gasteiger partial charge is 0.397 e. The summed E-state index contributed by atoms with van der Waals surface area (Å²) in [5.41, 5.74) is 27.5. The summed E-state index contributed by atoms with van der Waals surface area (Å²) in [7, 11) is 2.04. The molecule has 10 N–H and O–H groups in total. The van der Waals surface area contributed by atoms with Crippen LogP contribution in [0.5, 0.6) is 0 Å². The zero-order valence-corrected chi connectivity index (χ0v) is 14.5. The highest BCUT2D eigenvalue weighted by Gasteiger charge is 2.47. The summed E-state index contributed by atoms with van der Waals surface area (Å²) in [6.07, 6.45) is 7.75. The molecule has 1 fully saturated rings. The predicted molar refractivity (Wildman–Crippen MR) is 103 cm³/mol. The van der Waals surface area contributed by atoms with Crippen molar-refractivity contribution in [2.45, 2.75) is 42.4 Å². The molecule has 1 heterocycles. The van der Waals surface area contributed by atoms with Crippen LogP contribution in [0.15, 0.2) is 16.8 Å². The van der Waals surface area contributed by atoms with E-state index in [0.717, 1.165) is 36.1 Å². The third-order valence-electron chi connectivity index (χ3n) is 4.97. The molecule has 0 saturated heterocycles. The van der Waals surface area contributed by atoms with Crippen LogP contribution in [0.2, 0.25) is 0 Å². The van der Waals surface area contributed by atoms with E-state index in [-0.39, 0.29) is 5.41 Å². The fourth-order valence-corrected chi connectivity index (χ4v) is 6.30. The number of allylic oxidation sites excluding steroid dienone is 1. The van der Waals surface area contributed by atoms with Crippen LogP contribution in [0.1, 0.15) is 37.7 Å². The Morgan fingerprint density at radius 3 is 2.09 bits per heavy atom. The third-order valence-corrected chi connectivity index (χ3v) is 7.03. The van der Waals surface area contributed by atoms with Gasteiger partial charge in [0.1, 0.15) is 0 Å². The number of nitrogens with two attached hydrogens (primary N) is 5. The van der Waals surface area contributed by atoms with Gasteiger partial charge >= 0.3 is 0 Å². The Labute approximate surface area is 135 Å². The SMILES string of the molecule is Nc1c(N)c(N)c2c(c1N)S(N)=C(/C=C/P)C21CCCCC1. The quantitative estimate of drug-likeness (QED) is 0.232. The summed E-state index contributed by atoms with van der Waals surface area (Å²) in [5, 5.41) is 6.57. The molecule has 1 aromatic carbocycles. The Morgan fingerprint density at radius 2 is 1.50 bits per heavy atom. The minimum Gasteiger partial charge on any atom is -0.397 e. The van der Waals surface area contributed by atoms with Crippen molar-refractivity contribution in [2.24, 2.45) is 5.14 Å². The number of fused-ring (bicyclic) bond motifs is 2. The van der Waals surface area contributed by atoms with Crippen LogP contribution in [0.25, 0.3) is 0 Å². The number of hydrogen-bond acceptors (Lipinski definition) is 5. The van der Waals surface area contributed by atoms with Gasteiger partial charge in [-0.25, -0.2) is 0 Å². The summed E-state index contributed by atoms with van der Waals surface area (Å²) in [4.78, 5) is 2.12. The summed E-state index contributed by atoms with van der Waals surface area (Å²) in [6.45, 7) is 0. The summed E-state index contributed by atoms with van der Waals surface area (Å²) in [6, 6.07) is 0. The molecular weight excluding hydrogens is 313 g/mol. The maximum absolute atomic E-state index is 6.57. The van der Waals surface area contributed by atoms with Crippen LogP contribution >= 0.6 is 19.9 Å². The molecule has 0 bridgehead atoms. The molecule has 120 valence electrons. The molecule has 1 saturated carbocycles. The standard InChI is InChI=1S/C15H24N5PS/c16-10-9-14(13(19)12(18)11(10)17)22(20)8(4-7-21)15(9)5-2-1-3-6-15/h4,7H,1-3,5-6,16-21H2/b7-4+. The first kappa shape index (κ1) is 15.7. The lowest BCUT2D eigenvalue weighted by Gasteiger charge is -2.37. The van der Waals surface area contributed by atoms with Gasteiger partial charge in [-0.15, -0.1) is 9.24 Å². The molecule has 1 aliphatic heterocycles. The molecule has 3 rings (SSSR count). The molecule has 0 aromatic heterocycles. The third kappa shape index (κ3) is 1.91. The number of rotatable bonds is 1. The van der Waals surface area contributed by atoms with E-state index >= 15 is 0 Å². The van der Waals surface area contributed by atoms with Gasteiger partial charge in [0.25, 0.3) is 0 Å². The summed E-state index contributed by atoms with van der Waals surface area (Å²) in [5.74, 6) is 1.96. The molecule has 1 aliphatic carbocycles. The topological polar surface area (TPSA) is 130 Å². The van der Waals surface area contributed by atoms with Crippen LogP contribution < -0.4 is 28.1 Å². The second kappa shape index (κ2) is 5.44. The van der Waals surface area contributed by atoms with Gasteiger partial charge in [0.2, 0.25) is 0 Å². The van der Waals surface area contributed by atoms with E-state index in [9.17, 15) is 0 Å². The van der Waals surface area contributed by atoms with Gasteiger partial charge in [0.05, 0.1) is 22.7 Å². The van der Waals surface area contributed by atoms with Crippen LogP contribution in [-0.2, 0) is 5.41 Å². The van der Waals surface area contributed by atoms with Crippen molar-refractivity contribution in [3.05, 3.63) is 17.5 Å². The monoisotopic (exact) mass is 337 g/mol. The van der Waals surface area contributed by atoms with Gasteiger partial charge in [-0.1, -0.05) is 41.8 Å². The molecule has 7 heteroatoms. The Bertz CT molecular complexity index is 705. The smallest absolute Gasteiger partial charge is 0.0814 e. The summed E-state index contributed by atoms with van der Waals surface area (Å²) >= 11 is 0. The van der Waals surface area contributed by atoms with E-state index in [2.05, 4.69) is 15.3 Å². The molecule has 5 nitrogen and oxygen atoms in total. The van der Waals surface area contributed by atoms with Crippen LogP contribution in [0.4, 0.5) is 22.7 Å². The molecule has 1 spiro atoms. The lowest BCUT2D eigenvalue weighted by molar-refractivity contribution is 0.384. The van der Waals surface area contributed by atoms with Gasteiger partial charge in [0.15, 0.2) is 0 Å². The summed E-state index contributed by atoms with van der Waals surface area (Å²) < 4.78 is 0. The Balaban J connectivity index is 2.39. The van der Waals surface area contributed by atoms with Gasteiger partial charge in [-0.3, -0.25) is 5.14 Å². The molecule has 0 amide bonds. The van der Waals surface area contributed by atoms with Crippen molar-refractivity contribution in [3.63, 3.8) is 0 Å². The van der Waals surface area contributed by atoms with Crippen molar-refractivity contribution in [1.29, 1.82) is 0 Å². The Hall–Kier alpha value is -1.23. The highest BCUT2D eigenvalue weighted by atomic mass is 32.2. The van der Waals surface area contributed by atoms with Gasteiger partial charge in [0, 0.05) is 20.7 Å². The number of nitrogen functional groups attached to an aromatic ring is 4. The van der Waals surface area contributed by atoms with E-state index < -0.39 is 10.7 Å². The van der Waals surface area contributed by atoms with Crippen LogP contribution in [0.3, 0.4) is 0 Å². The second-order valence-electron chi connectivity index (χ2n) is 6.06. The van der Waals surface area contributed by atoms with E-state index in [0.29, 0.717) is 22.7 Å². The zero-order chi connectivity index (χ0) is 16.1. The van der Waals surface area contributed by atoms with E-state index in [1.54, 1.807) is 0 Å². The van der Waals surface area contributed by atoms with E-state index in [1.807, 2.05) is 5.82 Å². The maximum Gasteiger partial charge on any atom is 0.0814 e. The van der Waals surface area contributed by atoms with Gasteiger partial charge in [-0.2, -0.15) is 0 Å². The fourth-order valence-electron chi connectivity index (χ4n) is 3.92. The van der Waals surface area contributed by atoms with E-state index in [4.69, 9.17) is 28.1 Å². The van der Waals surface area contributed by atoms with Crippen molar-refractivity contribution in [1.82, 2.24) is 0 Å². The maximum atomic E-state index is 6.57. The average Bonchev–Trinajstić information content (AvgIpc) is 2.74. The minimum absolute atomic E-state index is 0.126. The van der Waals surface area contributed by atoms with Crippen molar-refractivity contribution < 1.29 is 0 Å². The number of anilines is 4. The molecule has 0 radical (unpaired) electrons. The fraction of sp³-hybridized carbons (Fsp3) is 0.400. The first-order valence-corrected chi connectivity index (χ1v) is 9.42. The first-order valence-electron chi connectivity index (χ1n) is 7.46. The Morgan fingerprint density at radius 1 is 0.909 bits per heavy atom. The van der Waals surface area contributed by atoms with Gasteiger partial charge < -0.3 is 22.9 Å². The van der Waals surface area contributed by atoms with Crippen molar-refractivity contribution in [3.8, 4) is 0 Å². The molecular formula is C15H24N5PS. The average molecular weight is 337 g/mol. The molecule has 2 unspecified atom stereocenters. The minimum atomic E-state index is -0.587. The molecule has 1 aromatic rings. The Kier molecular flexibility index (Phi) is 3.87. The molecule has 22 heavy (non-hydrogen) atoms. The van der Waals surface area contributed by atoms with E-state index in [1.165, 1.54) is 11.3 Å². The number of hydrogen-bond donors (Lipinski definition) is 5. The van der Waals surface area contributed by atoms with Crippen LogP contribution in [0, 0.1) is 0 Å². The zero-order valence-electron chi connectivity index (χ0n) is 12.6. The first-order chi connectivity index (χ1) is 10.5. The molecule has 2 atom stereocenters. The van der Waals surface area contributed by atoms with Gasteiger partial charge in [-0.05, 0) is 12.8 Å². The normalized spacial score (nSPS) is 23.4. The lowest BCUT2D eigenvalue weighted by Crippen LogP contribution is -2.35. The predicted octanol–water partition coefficient (Wildman–Crippen LogP) is 2.29. The number of benzene rings is 1. The molecule has 2 aliphatic rings. The van der Waals surface area contributed by atoms with Crippen LogP contribution in [-0.4, -0.2) is 4.86 Å². The van der Waals surface area contributed by atoms with Crippen molar-refractivity contribution >= 4 is 47.5 Å². The lowest BCUT2D eigenvalue weighted by atomic mass is 9.66. The highest BCUT2D eigenvalue weighted by Crippen LogP contribution is 2.58.